The van der Waals surface area contributed by atoms with E-state index in [4.69, 9.17) is 9.47 Å². The highest BCUT2D eigenvalue weighted by Crippen LogP contribution is 2.09. The average Bonchev–Trinajstić information content (AvgIpc) is 2.45. The van der Waals surface area contributed by atoms with E-state index in [1.54, 1.807) is 24.3 Å². The summed E-state index contributed by atoms with van der Waals surface area (Å²) in [6, 6.07) is 8.79. The summed E-state index contributed by atoms with van der Waals surface area (Å²) < 4.78 is 10.3. The van der Waals surface area contributed by atoms with Crippen molar-refractivity contribution in [2.24, 2.45) is 0 Å². The van der Waals surface area contributed by atoms with Gasteiger partial charge in [-0.05, 0) is 45.7 Å². The third-order valence-electron chi connectivity index (χ3n) is 2.93. The lowest BCUT2D eigenvalue weighted by molar-refractivity contribution is 0.0526. The number of para-hydroxylation sites is 1. The van der Waals surface area contributed by atoms with E-state index in [0.29, 0.717) is 18.7 Å². The Labute approximate surface area is 137 Å². The van der Waals surface area contributed by atoms with E-state index in [0.717, 1.165) is 6.42 Å². The van der Waals surface area contributed by atoms with Crippen LogP contribution in [-0.2, 0) is 4.74 Å². The molecule has 0 aliphatic heterocycles. The summed E-state index contributed by atoms with van der Waals surface area (Å²) in [6.07, 6.45) is 0.374. The van der Waals surface area contributed by atoms with Gasteiger partial charge in [0, 0.05) is 12.6 Å². The molecule has 0 fully saturated rings. The van der Waals surface area contributed by atoms with Crippen LogP contribution in [0.3, 0.4) is 0 Å². The van der Waals surface area contributed by atoms with E-state index in [1.165, 1.54) is 0 Å². The van der Waals surface area contributed by atoms with Crippen LogP contribution in [0.25, 0.3) is 0 Å². The van der Waals surface area contributed by atoms with Gasteiger partial charge in [0.05, 0.1) is 0 Å². The summed E-state index contributed by atoms with van der Waals surface area (Å²) >= 11 is 0. The van der Waals surface area contributed by atoms with Crippen molar-refractivity contribution in [2.75, 3.05) is 6.54 Å². The van der Waals surface area contributed by atoms with Gasteiger partial charge in [-0.1, -0.05) is 25.1 Å². The number of alkyl carbamates (subject to hydrolysis) is 1. The van der Waals surface area contributed by atoms with Gasteiger partial charge in [-0.3, -0.25) is 0 Å². The molecule has 1 unspecified atom stereocenters. The summed E-state index contributed by atoms with van der Waals surface area (Å²) in [7, 11) is 0. The molecule has 1 atom stereocenters. The predicted molar refractivity (Wildman–Crippen MR) is 88.5 cm³/mol. The molecule has 2 N–H and O–H groups in total. The Morgan fingerprint density at radius 1 is 1.13 bits per heavy atom. The lowest BCUT2D eigenvalue weighted by atomic mass is 10.1. The van der Waals surface area contributed by atoms with Gasteiger partial charge in [0.1, 0.15) is 11.4 Å². The maximum Gasteiger partial charge on any atom is 0.412 e. The third kappa shape index (κ3) is 8.70. The van der Waals surface area contributed by atoms with E-state index in [1.807, 2.05) is 33.8 Å². The molecule has 0 radical (unpaired) electrons. The third-order valence-corrected chi connectivity index (χ3v) is 2.93. The first-order valence-electron chi connectivity index (χ1n) is 7.80. The molecular weight excluding hydrogens is 296 g/mol. The van der Waals surface area contributed by atoms with Crippen LogP contribution in [0.2, 0.25) is 0 Å². The Hall–Kier alpha value is -2.24. The second-order valence-electron chi connectivity index (χ2n) is 6.17. The molecule has 128 valence electrons. The summed E-state index contributed by atoms with van der Waals surface area (Å²) in [6.45, 7) is 7.80. The van der Waals surface area contributed by atoms with Crippen LogP contribution in [0, 0.1) is 0 Å². The summed E-state index contributed by atoms with van der Waals surface area (Å²) in [5, 5.41) is 5.46. The van der Waals surface area contributed by atoms with E-state index >= 15 is 0 Å². The SMILES string of the molecule is CCC(CCNC(=O)OC(C)(C)C)NC(=O)Oc1ccccc1. The minimum atomic E-state index is -0.522. The number of amides is 2. The minimum Gasteiger partial charge on any atom is -0.444 e. The van der Waals surface area contributed by atoms with Gasteiger partial charge in [0.15, 0.2) is 0 Å². The van der Waals surface area contributed by atoms with Crippen LogP contribution in [0.1, 0.15) is 40.5 Å². The Kier molecular flexibility index (Phi) is 7.38. The van der Waals surface area contributed by atoms with Crippen molar-refractivity contribution < 1.29 is 19.1 Å². The smallest absolute Gasteiger partial charge is 0.412 e. The molecular formula is C17H26N2O4. The van der Waals surface area contributed by atoms with Crippen molar-refractivity contribution in [1.29, 1.82) is 0 Å². The number of carbonyl (C=O) groups is 2. The molecule has 0 saturated carbocycles. The number of ether oxygens (including phenoxy) is 2. The largest absolute Gasteiger partial charge is 0.444 e. The van der Waals surface area contributed by atoms with Gasteiger partial charge in [-0.25, -0.2) is 9.59 Å². The molecule has 0 spiro atoms. The Morgan fingerprint density at radius 3 is 2.35 bits per heavy atom. The fourth-order valence-corrected chi connectivity index (χ4v) is 1.83. The first kappa shape index (κ1) is 18.8. The Morgan fingerprint density at radius 2 is 1.78 bits per heavy atom. The van der Waals surface area contributed by atoms with Crippen molar-refractivity contribution in [3.05, 3.63) is 30.3 Å². The van der Waals surface area contributed by atoms with Crippen LogP contribution in [0.5, 0.6) is 5.75 Å². The normalized spacial score (nSPS) is 12.2. The molecule has 1 aromatic carbocycles. The molecule has 0 heterocycles. The molecule has 2 amide bonds. The highest BCUT2D eigenvalue weighted by Gasteiger charge is 2.17. The second kappa shape index (κ2) is 9.02. The van der Waals surface area contributed by atoms with E-state index in [2.05, 4.69) is 10.6 Å². The van der Waals surface area contributed by atoms with Crippen molar-refractivity contribution in [3.8, 4) is 5.75 Å². The van der Waals surface area contributed by atoms with Crippen molar-refractivity contribution in [1.82, 2.24) is 10.6 Å². The van der Waals surface area contributed by atoms with Gasteiger partial charge in [0.2, 0.25) is 0 Å². The van der Waals surface area contributed by atoms with Crippen LogP contribution in [-0.4, -0.2) is 30.4 Å². The molecule has 23 heavy (non-hydrogen) atoms. The Balaban J connectivity index is 2.31. The van der Waals surface area contributed by atoms with Crippen LogP contribution >= 0.6 is 0 Å². The summed E-state index contributed by atoms with van der Waals surface area (Å²) in [5.41, 5.74) is -0.522. The molecule has 0 aromatic heterocycles. The quantitative estimate of drug-likeness (QED) is 0.841. The standard InChI is InChI=1S/C17H26N2O4/c1-5-13(11-12-18-15(20)23-17(2,3)4)19-16(21)22-14-9-7-6-8-10-14/h6-10,13H,5,11-12H2,1-4H3,(H,18,20)(H,19,21). The van der Waals surface area contributed by atoms with E-state index in [-0.39, 0.29) is 6.04 Å². The minimum absolute atomic E-state index is 0.0823. The highest BCUT2D eigenvalue weighted by atomic mass is 16.6. The van der Waals surface area contributed by atoms with Gasteiger partial charge in [-0.2, -0.15) is 0 Å². The zero-order valence-electron chi connectivity index (χ0n) is 14.2. The number of carbonyl (C=O) groups excluding carboxylic acids is 2. The first-order valence-corrected chi connectivity index (χ1v) is 7.80. The average molecular weight is 322 g/mol. The molecule has 0 saturated heterocycles. The lowest BCUT2D eigenvalue weighted by Crippen LogP contribution is -2.40. The monoisotopic (exact) mass is 322 g/mol. The summed E-state index contributed by atoms with van der Waals surface area (Å²) in [5.74, 6) is 0.492. The number of hydrogen-bond donors (Lipinski definition) is 2. The summed E-state index contributed by atoms with van der Waals surface area (Å²) in [4.78, 5) is 23.4. The van der Waals surface area contributed by atoms with Gasteiger partial charge < -0.3 is 20.1 Å². The number of benzene rings is 1. The highest BCUT2D eigenvalue weighted by molar-refractivity contribution is 5.70. The maximum atomic E-state index is 11.8. The van der Waals surface area contributed by atoms with Gasteiger partial charge in [0.25, 0.3) is 0 Å². The van der Waals surface area contributed by atoms with Crippen LogP contribution in [0.4, 0.5) is 9.59 Å². The van der Waals surface area contributed by atoms with Crippen molar-refractivity contribution in [3.63, 3.8) is 0 Å². The Bertz CT molecular complexity index is 497. The molecule has 1 aromatic rings. The molecule has 1 rings (SSSR count). The van der Waals surface area contributed by atoms with E-state index in [9.17, 15) is 9.59 Å². The van der Waals surface area contributed by atoms with Crippen molar-refractivity contribution in [2.45, 2.75) is 52.2 Å². The lowest BCUT2D eigenvalue weighted by Gasteiger charge is -2.21. The van der Waals surface area contributed by atoms with Gasteiger partial charge in [-0.15, -0.1) is 0 Å². The molecule has 0 aliphatic rings. The molecule has 0 aliphatic carbocycles. The molecule has 6 nitrogen and oxygen atoms in total. The zero-order chi connectivity index (χ0) is 17.3. The van der Waals surface area contributed by atoms with Gasteiger partial charge >= 0.3 is 12.2 Å². The van der Waals surface area contributed by atoms with Crippen molar-refractivity contribution >= 4 is 12.2 Å². The van der Waals surface area contributed by atoms with E-state index < -0.39 is 17.8 Å². The fraction of sp³-hybridized carbons (Fsp3) is 0.529. The fourth-order valence-electron chi connectivity index (χ4n) is 1.83. The predicted octanol–water partition coefficient (Wildman–Crippen LogP) is 3.47. The number of nitrogens with one attached hydrogen (secondary N) is 2. The first-order chi connectivity index (χ1) is 10.8. The van der Waals surface area contributed by atoms with Crippen LogP contribution < -0.4 is 15.4 Å². The number of rotatable bonds is 6. The zero-order valence-corrected chi connectivity index (χ0v) is 14.2. The molecule has 6 heteroatoms. The maximum absolute atomic E-state index is 11.8. The second-order valence-corrected chi connectivity index (χ2v) is 6.17. The number of hydrogen-bond acceptors (Lipinski definition) is 4. The topological polar surface area (TPSA) is 76.7 Å². The van der Waals surface area contributed by atoms with Crippen LogP contribution in [0.15, 0.2) is 30.3 Å². The molecule has 0 bridgehead atoms.